The van der Waals surface area contributed by atoms with Gasteiger partial charge in [-0.2, -0.15) is 4.31 Å². The number of ether oxygens (including phenoxy) is 1. The second-order valence-electron chi connectivity index (χ2n) is 6.62. The highest BCUT2D eigenvalue weighted by Gasteiger charge is 2.31. The van der Waals surface area contributed by atoms with E-state index in [9.17, 15) is 13.2 Å². The standard InChI is InChI=1S/C20H24N2O4S/c1-16-8-10-19(11-9-16)27(24,25)22-14-12-21(13-15-22)20(23)17(2)26-18-6-4-3-5-7-18/h3-11,17H,12-15H2,1-2H3/t17-/m1/s1. The van der Waals surface area contributed by atoms with Crippen molar-refractivity contribution in [3.05, 3.63) is 60.2 Å². The molecule has 1 amide bonds. The molecular weight excluding hydrogens is 364 g/mol. The molecule has 1 aliphatic heterocycles. The molecule has 0 bridgehead atoms. The van der Waals surface area contributed by atoms with Crippen LogP contribution in [-0.4, -0.2) is 55.8 Å². The van der Waals surface area contributed by atoms with Gasteiger partial charge in [0.15, 0.2) is 6.10 Å². The minimum Gasteiger partial charge on any atom is -0.481 e. The SMILES string of the molecule is Cc1ccc(S(=O)(=O)N2CCN(C(=O)[C@@H](C)Oc3ccccc3)CC2)cc1. The highest BCUT2D eigenvalue weighted by Crippen LogP contribution is 2.19. The number of hydrogen-bond acceptors (Lipinski definition) is 4. The lowest BCUT2D eigenvalue weighted by Crippen LogP contribution is -2.53. The molecule has 144 valence electrons. The average molecular weight is 388 g/mol. The Hall–Kier alpha value is -2.38. The van der Waals surface area contributed by atoms with E-state index in [1.165, 1.54) is 4.31 Å². The second kappa shape index (κ2) is 8.10. The van der Waals surface area contributed by atoms with E-state index in [1.54, 1.807) is 48.2 Å². The summed E-state index contributed by atoms with van der Waals surface area (Å²) >= 11 is 0. The van der Waals surface area contributed by atoms with Crippen molar-refractivity contribution in [2.24, 2.45) is 0 Å². The van der Waals surface area contributed by atoms with Crippen molar-refractivity contribution in [2.75, 3.05) is 26.2 Å². The van der Waals surface area contributed by atoms with E-state index in [1.807, 2.05) is 25.1 Å². The first-order chi connectivity index (χ1) is 12.9. The predicted octanol–water partition coefficient (Wildman–Crippen LogP) is 2.30. The number of carbonyl (C=O) groups is 1. The van der Waals surface area contributed by atoms with Gasteiger partial charge in [-0.05, 0) is 38.1 Å². The van der Waals surface area contributed by atoms with Gasteiger partial charge in [-0.25, -0.2) is 8.42 Å². The maximum atomic E-state index is 12.7. The third-order valence-electron chi connectivity index (χ3n) is 4.61. The molecule has 1 aliphatic rings. The number of nitrogens with zero attached hydrogens (tertiary/aromatic N) is 2. The smallest absolute Gasteiger partial charge is 0.263 e. The molecule has 1 saturated heterocycles. The van der Waals surface area contributed by atoms with Crippen molar-refractivity contribution in [3.63, 3.8) is 0 Å². The number of rotatable bonds is 5. The maximum absolute atomic E-state index is 12.7. The van der Waals surface area contributed by atoms with E-state index in [-0.39, 0.29) is 23.9 Å². The summed E-state index contributed by atoms with van der Waals surface area (Å²) in [6, 6.07) is 16.0. The second-order valence-corrected chi connectivity index (χ2v) is 8.55. The summed E-state index contributed by atoms with van der Waals surface area (Å²) in [6.07, 6.45) is -0.618. The predicted molar refractivity (Wildman–Crippen MR) is 103 cm³/mol. The number of amides is 1. The number of piperazine rings is 1. The van der Waals surface area contributed by atoms with Crippen molar-refractivity contribution in [2.45, 2.75) is 24.8 Å². The van der Waals surface area contributed by atoms with Crippen LogP contribution in [0.2, 0.25) is 0 Å². The number of sulfonamides is 1. The van der Waals surface area contributed by atoms with Crippen molar-refractivity contribution in [1.82, 2.24) is 9.21 Å². The summed E-state index contributed by atoms with van der Waals surface area (Å²) in [5, 5.41) is 0. The summed E-state index contributed by atoms with van der Waals surface area (Å²) in [7, 11) is -3.53. The zero-order chi connectivity index (χ0) is 19.4. The fourth-order valence-electron chi connectivity index (χ4n) is 3.02. The summed E-state index contributed by atoms with van der Waals surface area (Å²) in [5.41, 5.74) is 1.01. The number of carbonyl (C=O) groups excluding carboxylic acids is 1. The van der Waals surface area contributed by atoms with Crippen molar-refractivity contribution in [3.8, 4) is 5.75 Å². The van der Waals surface area contributed by atoms with E-state index >= 15 is 0 Å². The number of aryl methyl sites for hydroxylation is 1. The van der Waals surface area contributed by atoms with Crippen LogP contribution in [0.25, 0.3) is 0 Å². The summed E-state index contributed by atoms with van der Waals surface area (Å²) in [5.74, 6) is 0.505. The largest absolute Gasteiger partial charge is 0.481 e. The van der Waals surface area contributed by atoms with Gasteiger partial charge < -0.3 is 9.64 Å². The minimum atomic E-state index is -3.53. The van der Waals surface area contributed by atoms with Crippen LogP contribution in [0.15, 0.2) is 59.5 Å². The molecule has 0 saturated carbocycles. The molecule has 6 nitrogen and oxygen atoms in total. The molecule has 1 atom stereocenters. The van der Waals surface area contributed by atoms with Crippen LogP contribution in [0.1, 0.15) is 12.5 Å². The Bertz CT molecular complexity index is 874. The molecule has 7 heteroatoms. The molecule has 0 N–H and O–H groups in total. The lowest BCUT2D eigenvalue weighted by atomic mass is 10.2. The molecule has 1 heterocycles. The fourth-order valence-corrected chi connectivity index (χ4v) is 4.44. The van der Waals surface area contributed by atoms with Crippen LogP contribution in [0, 0.1) is 6.92 Å². The minimum absolute atomic E-state index is 0.133. The van der Waals surface area contributed by atoms with Gasteiger partial charge in [-0.15, -0.1) is 0 Å². The molecule has 1 fully saturated rings. The Kier molecular flexibility index (Phi) is 5.82. The molecule has 0 aliphatic carbocycles. The van der Waals surface area contributed by atoms with Gasteiger partial charge in [0.25, 0.3) is 5.91 Å². The Morgan fingerprint density at radius 2 is 1.56 bits per heavy atom. The quantitative estimate of drug-likeness (QED) is 0.788. The highest BCUT2D eigenvalue weighted by atomic mass is 32.2. The molecule has 0 radical (unpaired) electrons. The van der Waals surface area contributed by atoms with Crippen molar-refractivity contribution < 1.29 is 17.9 Å². The lowest BCUT2D eigenvalue weighted by Gasteiger charge is -2.35. The molecule has 0 unspecified atom stereocenters. The molecule has 3 rings (SSSR count). The first kappa shape index (κ1) is 19.4. The zero-order valence-corrected chi connectivity index (χ0v) is 16.4. The van der Waals surface area contributed by atoms with E-state index in [2.05, 4.69) is 0 Å². The van der Waals surface area contributed by atoms with Gasteiger partial charge in [0.05, 0.1) is 4.90 Å². The van der Waals surface area contributed by atoms with Crippen LogP contribution in [0.3, 0.4) is 0 Å². The average Bonchev–Trinajstić information content (AvgIpc) is 2.68. The summed E-state index contributed by atoms with van der Waals surface area (Å²) in [4.78, 5) is 14.5. The Morgan fingerprint density at radius 1 is 0.963 bits per heavy atom. The van der Waals surface area contributed by atoms with Crippen molar-refractivity contribution in [1.29, 1.82) is 0 Å². The Balaban J connectivity index is 1.59. The lowest BCUT2D eigenvalue weighted by molar-refractivity contribution is -0.139. The Morgan fingerprint density at radius 3 is 2.15 bits per heavy atom. The van der Waals surface area contributed by atoms with Gasteiger partial charge in [-0.1, -0.05) is 35.9 Å². The van der Waals surface area contributed by atoms with E-state index in [0.29, 0.717) is 18.8 Å². The van der Waals surface area contributed by atoms with E-state index in [4.69, 9.17) is 4.74 Å². The maximum Gasteiger partial charge on any atom is 0.263 e. The Labute approximate surface area is 160 Å². The number of hydrogen-bond donors (Lipinski definition) is 0. The monoisotopic (exact) mass is 388 g/mol. The molecule has 2 aromatic rings. The zero-order valence-electron chi connectivity index (χ0n) is 15.5. The third kappa shape index (κ3) is 4.48. The van der Waals surface area contributed by atoms with Crippen LogP contribution in [-0.2, 0) is 14.8 Å². The molecule has 27 heavy (non-hydrogen) atoms. The molecular formula is C20H24N2O4S. The first-order valence-electron chi connectivity index (χ1n) is 8.95. The topological polar surface area (TPSA) is 66.9 Å². The van der Waals surface area contributed by atoms with Crippen molar-refractivity contribution >= 4 is 15.9 Å². The number of benzene rings is 2. The van der Waals surface area contributed by atoms with Gasteiger partial charge >= 0.3 is 0 Å². The normalized spacial score (nSPS) is 16.7. The van der Waals surface area contributed by atoms with Gasteiger partial charge in [0, 0.05) is 26.2 Å². The van der Waals surface area contributed by atoms with Crippen LogP contribution >= 0.6 is 0 Å². The van der Waals surface area contributed by atoms with Gasteiger partial charge in [0.1, 0.15) is 5.75 Å². The van der Waals surface area contributed by atoms with E-state index < -0.39 is 16.1 Å². The third-order valence-corrected chi connectivity index (χ3v) is 6.53. The van der Waals surface area contributed by atoms with Crippen LogP contribution in [0.5, 0.6) is 5.75 Å². The summed E-state index contributed by atoms with van der Waals surface area (Å²) < 4.78 is 32.6. The molecule has 2 aromatic carbocycles. The van der Waals surface area contributed by atoms with Crippen LogP contribution < -0.4 is 4.74 Å². The van der Waals surface area contributed by atoms with Crippen LogP contribution in [0.4, 0.5) is 0 Å². The van der Waals surface area contributed by atoms with E-state index in [0.717, 1.165) is 5.56 Å². The fraction of sp³-hybridized carbons (Fsp3) is 0.350. The molecule has 0 aromatic heterocycles. The number of para-hydroxylation sites is 1. The molecule has 0 spiro atoms. The first-order valence-corrected chi connectivity index (χ1v) is 10.4. The van der Waals surface area contributed by atoms with Gasteiger partial charge in [-0.3, -0.25) is 4.79 Å². The summed E-state index contributed by atoms with van der Waals surface area (Å²) in [6.45, 7) is 4.89. The highest BCUT2D eigenvalue weighted by molar-refractivity contribution is 7.89. The van der Waals surface area contributed by atoms with Gasteiger partial charge in [0.2, 0.25) is 10.0 Å².